The number of carbonyl (C=O) groups is 2. The Morgan fingerprint density at radius 3 is 2.60 bits per heavy atom. The van der Waals surface area contributed by atoms with E-state index in [1.54, 1.807) is 6.20 Å². The van der Waals surface area contributed by atoms with E-state index in [9.17, 15) is 9.59 Å². The zero-order chi connectivity index (χ0) is 17.6. The molecule has 0 radical (unpaired) electrons. The van der Waals surface area contributed by atoms with Crippen molar-refractivity contribution in [2.45, 2.75) is 12.7 Å². The van der Waals surface area contributed by atoms with Crippen LogP contribution < -0.4 is 10.9 Å². The fourth-order valence-electron chi connectivity index (χ4n) is 2.44. The number of aromatic amines is 1. The number of nitrogens with one attached hydrogen (secondary N) is 3. The van der Waals surface area contributed by atoms with Gasteiger partial charge in [-0.25, -0.2) is 0 Å². The average Bonchev–Trinajstić information content (AvgIpc) is 3.05. The fraction of sp³-hybridized carbons (Fsp3) is 0.158. The standard InChI is InChI=1S/C19H19N3O2S/c1-13-6-8-14(9-7-13)11-25-12-18(23)21-22-19(24)16-10-20-17-5-3-2-4-15(16)17/h2-10,20H,11-12H2,1H3,(H,21,23)(H,22,24). The largest absolute Gasteiger partial charge is 0.360 e. The summed E-state index contributed by atoms with van der Waals surface area (Å²) in [5.74, 6) is 0.464. The highest BCUT2D eigenvalue weighted by atomic mass is 32.2. The van der Waals surface area contributed by atoms with Gasteiger partial charge in [0.1, 0.15) is 0 Å². The third-order valence-electron chi connectivity index (χ3n) is 3.77. The van der Waals surface area contributed by atoms with Crippen LogP contribution in [0.4, 0.5) is 0 Å². The van der Waals surface area contributed by atoms with Gasteiger partial charge in [-0.2, -0.15) is 0 Å². The molecule has 0 saturated carbocycles. The maximum Gasteiger partial charge on any atom is 0.271 e. The topological polar surface area (TPSA) is 74.0 Å². The molecule has 0 unspecified atom stereocenters. The van der Waals surface area contributed by atoms with Gasteiger partial charge in [0.25, 0.3) is 5.91 Å². The zero-order valence-electron chi connectivity index (χ0n) is 13.8. The summed E-state index contributed by atoms with van der Waals surface area (Å²) in [7, 11) is 0. The molecule has 1 heterocycles. The number of H-pyrrole nitrogens is 1. The summed E-state index contributed by atoms with van der Waals surface area (Å²) in [6.07, 6.45) is 1.64. The number of hydrogen-bond acceptors (Lipinski definition) is 3. The van der Waals surface area contributed by atoms with Gasteiger partial charge < -0.3 is 4.98 Å². The van der Waals surface area contributed by atoms with E-state index in [0.29, 0.717) is 5.56 Å². The third kappa shape index (κ3) is 4.42. The summed E-state index contributed by atoms with van der Waals surface area (Å²) in [6.45, 7) is 2.04. The number of para-hydroxylation sites is 1. The van der Waals surface area contributed by atoms with Crippen molar-refractivity contribution < 1.29 is 9.59 Å². The number of amides is 2. The summed E-state index contributed by atoms with van der Waals surface area (Å²) in [5, 5.41) is 0.822. The smallest absolute Gasteiger partial charge is 0.271 e. The molecule has 0 aliphatic carbocycles. The fourth-order valence-corrected chi connectivity index (χ4v) is 3.22. The first-order chi connectivity index (χ1) is 12.1. The maximum absolute atomic E-state index is 12.2. The highest BCUT2D eigenvalue weighted by molar-refractivity contribution is 7.99. The number of hydrogen-bond donors (Lipinski definition) is 3. The van der Waals surface area contributed by atoms with Gasteiger partial charge in [-0.3, -0.25) is 20.4 Å². The van der Waals surface area contributed by atoms with E-state index in [0.717, 1.165) is 16.7 Å². The molecule has 128 valence electrons. The Kier molecular flexibility index (Phi) is 5.40. The second-order valence-electron chi connectivity index (χ2n) is 5.73. The SMILES string of the molecule is Cc1ccc(CSCC(=O)NNC(=O)c2c[nH]c3ccccc23)cc1. The van der Waals surface area contributed by atoms with E-state index in [4.69, 9.17) is 0 Å². The molecule has 2 aromatic carbocycles. The highest BCUT2D eigenvalue weighted by Crippen LogP contribution is 2.17. The third-order valence-corrected chi connectivity index (χ3v) is 4.78. The Morgan fingerprint density at radius 1 is 1.04 bits per heavy atom. The van der Waals surface area contributed by atoms with E-state index in [1.807, 2.05) is 31.2 Å². The van der Waals surface area contributed by atoms with Crippen molar-refractivity contribution in [1.29, 1.82) is 0 Å². The molecule has 0 aliphatic rings. The molecule has 0 spiro atoms. The molecule has 0 fully saturated rings. The van der Waals surface area contributed by atoms with Crippen molar-refractivity contribution in [1.82, 2.24) is 15.8 Å². The Hall–Kier alpha value is -2.73. The minimum atomic E-state index is -0.339. The molecule has 3 N–H and O–H groups in total. The molecular weight excluding hydrogens is 334 g/mol. The van der Waals surface area contributed by atoms with E-state index >= 15 is 0 Å². The minimum Gasteiger partial charge on any atom is -0.360 e. The van der Waals surface area contributed by atoms with Gasteiger partial charge in [0.15, 0.2) is 0 Å². The highest BCUT2D eigenvalue weighted by Gasteiger charge is 2.12. The van der Waals surface area contributed by atoms with E-state index < -0.39 is 0 Å². The molecule has 25 heavy (non-hydrogen) atoms. The van der Waals surface area contributed by atoms with Gasteiger partial charge in [-0.05, 0) is 18.6 Å². The van der Waals surface area contributed by atoms with Crippen LogP contribution in [-0.4, -0.2) is 22.6 Å². The van der Waals surface area contributed by atoms with Crippen LogP contribution in [0, 0.1) is 6.92 Å². The Morgan fingerprint density at radius 2 is 1.80 bits per heavy atom. The first-order valence-electron chi connectivity index (χ1n) is 7.92. The quantitative estimate of drug-likeness (QED) is 0.617. The van der Waals surface area contributed by atoms with Crippen molar-refractivity contribution in [3.8, 4) is 0 Å². The Balaban J connectivity index is 1.45. The van der Waals surface area contributed by atoms with Gasteiger partial charge in [-0.1, -0.05) is 48.0 Å². The van der Waals surface area contributed by atoms with Crippen LogP contribution in [0.2, 0.25) is 0 Å². The summed E-state index contributed by atoms with van der Waals surface area (Å²) in [4.78, 5) is 27.1. The molecule has 3 aromatic rings. The first kappa shape index (κ1) is 17.1. The molecule has 0 aliphatic heterocycles. The van der Waals surface area contributed by atoms with E-state index in [2.05, 4.69) is 40.1 Å². The number of benzene rings is 2. The normalized spacial score (nSPS) is 10.6. The summed E-state index contributed by atoms with van der Waals surface area (Å²) < 4.78 is 0. The van der Waals surface area contributed by atoms with Crippen molar-refractivity contribution in [2.24, 2.45) is 0 Å². The second kappa shape index (κ2) is 7.90. The molecule has 3 rings (SSSR count). The van der Waals surface area contributed by atoms with Crippen molar-refractivity contribution >= 4 is 34.5 Å². The zero-order valence-corrected chi connectivity index (χ0v) is 14.7. The predicted octanol–water partition coefficient (Wildman–Crippen LogP) is 3.17. The number of rotatable bonds is 5. The molecule has 0 atom stereocenters. The van der Waals surface area contributed by atoms with Crippen LogP contribution in [0.25, 0.3) is 10.9 Å². The monoisotopic (exact) mass is 353 g/mol. The predicted molar refractivity (Wildman–Crippen MR) is 101 cm³/mol. The molecule has 2 amide bonds. The molecular formula is C19H19N3O2S. The van der Waals surface area contributed by atoms with Crippen LogP contribution in [0.5, 0.6) is 0 Å². The van der Waals surface area contributed by atoms with Crippen LogP contribution in [0.1, 0.15) is 21.5 Å². The molecule has 0 saturated heterocycles. The van der Waals surface area contributed by atoms with Gasteiger partial charge >= 0.3 is 0 Å². The van der Waals surface area contributed by atoms with Crippen molar-refractivity contribution in [2.75, 3.05) is 5.75 Å². The second-order valence-corrected chi connectivity index (χ2v) is 6.71. The molecule has 0 bridgehead atoms. The molecule has 5 nitrogen and oxygen atoms in total. The number of aryl methyl sites for hydroxylation is 1. The van der Waals surface area contributed by atoms with Gasteiger partial charge in [0.2, 0.25) is 5.91 Å². The van der Waals surface area contributed by atoms with Gasteiger partial charge in [0.05, 0.1) is 11.3 Å². The average molecular weight is 353 g/mol. The Bertz CT molecular complexity index is 887. The lowest BCUT2D eigenvalue weighted by atomic mass is 10.2. The van der Waals surface area contributed by atoms with Gasteiger partial charge in [0, 0.05) is 22.9 Å². The van der Waals surface area contributed by atoms with Crippen LogP contribution in [-0.2, 0) is 10.5 Å². The van der Waals surface area contributed by atoms with Crippen LogP contribution >= 0.6 is 11.8 Å². The number of hydrazine groups is 1. The van der Waals surface area contributed by atoms with Gasteiger partial charge in [-0.15, -0.1) is 11.8 Å². The van der Waals surface area contributed by atoms with Crippen LogP contribution in [0.15, 0.2) is 54.7 Å². The minimum absolute atomic E-state index is 0.231. The number of carbonyl (C=O) groups excluding carboxylic acids is 2. The summed E-state index contributed by atoms with van der Waals surface area (Å²) in [5.41, 5.74) is 8.69. The maximum atomic E-state index is 12.2. The lowest BCUT2D eigenvalue weighted by Crippen LogP contribution is -2.42. The van der Waals surface area contributed by atoms with Crippen LogP contribution in [0.3, 0.4) is 0 Å². The lowest BCUT2D eigenvalue weighted by molar-refractivity contribution is -0.119. The molecule has 1 aromatic heterocycles. The Labute approximate surface area is 150 Å². The number of fused-ring (bicyclic) bond motifs is 1. The summed E-state index contributed by atoms with van der Waals surface area (Å²) >= 11 is 1.50. The number of thioether (sulfide) groups is 1. The van der Waals surface area contributed by atoms with Crippen molar-refractivity contribution in [3.63, 3.8) is 0 Å². The van der Waals surface area contributed by atoms with Crippen molar-refractivity contribution in [3.05, 3.63) is 71.4 Å². The number of aromatic nitrogens is 1. The van der Waals surface area contributed by atoms with E-state index in [1.165, 1.54) is 22.9 Å². The first-order valence-corrected chi connectivity index (χ1v) is 9.07. The summed E-state index contributed by atoms with van der Waals surface area (Å²) in [6, 6.07) is 15.7. The lowest BCUT2D eigenvalue weighted by Gasteiger charge is -2.07. The van der Waals surface area contributed by atoms with E-state index in [-0.39, 0.29) is 17.6 Å². The molecule has 6 heteroatoms.